The Morgan fingerprint density at radius 1 is 1.79 bits per heavy atom. The van der Waals surface area contributed by atoms with E-state index in [-0.39, 0.29) is 24.1 Å². The maximum absolute atomic E-state index is 11.2. The molecule has 0 aromatic heterocycles. The van der Waals surface area contributed by atoms with Crippen molar-refractivity contribution in [3.8, 4) is 0 Å². The lowest BCUT2D eigenvalue weighted by Gasteiger charge is -2.42. The summed E-state index contributed by atoms with van der Waals surface area (Å²) in [4.78, 5) is 11.2. The third-order valence-corrected chi connectivity index (χ3v) is 2.40. The van der Waals surface area contributed by atoms with Gasteiger partial charge in [0.2, 0.25) is 5.91 Å². The van der Waals surface area contributed by atoms with Gasteiger partial charge in [0.15, 0.2) is 0 Å². The van der Waals surface area contributed by atoms with Crippen LogP contribution >= 0.6 is 0 Å². The number of hydrogen-bond donors (Lipinski definition) is 2. The summed E-state index contributed by atoms with van der Waals surface area (Å²) in [5, 5.41) is 2.84. The Balaban J connectivity index is 2.34. The molecule has 3 atom stereocenters. The van der Waals surface area contributed by atoms with Gasteiger partial charge in [0, 0.05) is 19.1 Å². The molecule has 0 heterocycles. The molecule has 0 aliphatic heterocycles. The van der Waals surface area contributed by atoms with Gasteiger partial charge in [0.25, 0.3) is 0 Å². The number of hydrogen-bond acceptors (Lipinski definition) is 3. The molecule has 3 N–H and O–H groups in total. The zero-order valence-electron chi connectivity index (χ0n) is 8.53. The normalized spacial score (nSPS) is 30.6. The van der Waals surface area contributed by atoms with Crippen LogP contribution in [0.4, 0.5) is 0 Å². The second-order valence-electron chi connectivity index (χ2n) is 3.48. The third-order valence-electron chi connectivity index (χ3n) is 2.40. The van der Waals surface area contributed by atoms with Crippen molar-refractivity contribution in [1.82, 2.24) is 5.32 Å². The molecule has 1 aliphatic carbocycles. The molecule has 1 aliphatic rings. The molecule has 0 spiro atoms. The molecule has 0 radical (unpaired) electrons. The van der Waals surface area contributed by atoms with Crippen LogP contribution in [0.15, 0.2) is 12.7 Å². The predicted octanol–water partition coefficient (Wildman–Crippen LogP) is 0.183. The van der Waals surface area contributed by atoms with Crippen LogP contribution in [0.1, 0.15) is 19.8 Å². The molecule has 1 fully saturated rings. The molecule has 0 aromatic rings. The smallest absolute Gasteiger partial charge is 0.224 e. The van der Waals surface area contributed by atoms with Crippen LogP contribution in [0.5, 0.6) is 0 Å². The maximum atomic E-state index is 11.2. The van der Waals surface area contributed by atoms with Crippen molar-refractivity contribution in [3.63, 3.8) is 0 Å². The molecular formula is C10H18N2O2. The number of carbonyl (C=O) groups excluding carboxylic acids is 1. The summed E-state index contributed by atoms with van der Waals surface area (Å²) in [6.07, 6.45) is 2.83. The van der Waals surface area contributed by atoms with Crippen molar-refractivity contribution in [2.75, 3.05) is 6.61 Å². The summed E-state index contributed by atoms with van der Waals surface area (Å²) in [7, 11) is 0. The van der Waals surface area contributed by atoms with E-state index in [1.54, 1.807) is 6.08 Å². The fourth-order valence-corrected chi connectivity index (χ4v) is 1.60. The SMILES string of the molecule is C=CCC(=O)NC1C(N)CC1OCC. The highest BCUT2D eigenvalue weighted by Crippen LogP contribution is 2.22. The first kappa shape index (κ1) is 11.2. The van der Waals surface area contributed by atoms with Crippen molar-refractivity contribution < 1.29 is 9.53 Å². The van der Waals surface area contributed by atoms with E-state index in [4.69, 9.17) is 10.5 Å². The predicted molar refractivity (Wildman–Crippen MR) is 54.8 cm³/mol. The lowest BCUT2D eigenvalue weighted by atomic mass is 9.83. The van der Waals surface area contributed by atoms with Crippen LogP contribution < -0.4 is 11.1 Å². The number of carbonyl (C=O) groups is 1. The average Bonchev–Trinajstić information content (AvgIpc) is 2.15. The van der Waals surface area contributed by atoms with Gasteiger partial charge >= 0.3 is 0 Å². The number of nitrogens with two attached hydrogens (primary N) is 1. The lowest BCUT2D eigenvalue weighted by Crippen LogP contribution is -2.64. The monoisotopic (exact) mass is 198 g/mol. The Morgan fingerprint density at radius 3 is 3.00 bits per heavy atom. The molecule has 1 rings (SSSR count). The first-order chi connectivity index (χ1) is 6.69. The van der Waals surface area contributed by atoms with Crippen molar-refractivity contribution >= 4 is 5.91 Å². The van der Waals surface area contributed by atoms with Gasteiger partial charge in [-0.3, -0.25) is 4.79 Å². The standard InChI is InChI=1S/C10H18N2O2/c1-3-5-9(13)12-10-7(11)6-8(10)14-4-2/h3,7-8,10H,1,4-6,11H2,2H3,(H,12,13). The first-order valence-electron chi connectivity index (χ1n) is 4.96. The van der Waals surface area contributed by atoms with Gasteiger partial charge in [-0.2, -0.15) is 0 Å². The molecule has 0 bridgehead atoms. The first-order valence-corrected chi connectivity index (χ1v) is 4.96. The Morgan fingerprint density at radius 2 is 2.50 bits per heavy atom. The molecule has 0 aromatic carbocycles. The van der Waals surface area contributed by atoms with Crippen LogP contribution in [0, 0.1) is 0 Å². The molecule has 4 nitrogen and oxygen atoms in total. The van der Waals surface area contributed by atoms with E-state index < -0.39 is 0 Å². The fraction of sp³-hybridized carbons (Fsp3) is 0.700. The molecule has 80 valence electrons. The van der Waals surface area contributed by atoms with Crippen molar-refractivity contribution in [3.05, 3.63) is 12.7 Å². The van der Waals surface area contributed by atoms with Crippen LogP contribution in [0.25, 0.3) is 0 Å². The number of amides is 1. The minimum atomic E-state index is -0.0372. The van der Waals surface area contributed by atoms with Gasteiger partial charge in [0.1, 0.15) is 0 Å². The van der Waals surface area contributed by atoms with E-state index in [2.05, 4.69) is 11.9 Å². The van der Waals surface area contributed by atoms with E-state index in [0.717, 1.165) is 6.42 Å². The summed E-state index contributed by atoms with van der Waals surface area (Å²) < 4.78 is 5.42. The summed E-state index contributed by atoms with van der Waals surface area (Å²) in [6.45, 7) is 6.10. The highest BCUT2D eigenvalue weighted by atomic mass is 16.5. The van der Waals surface area contributed by atoms with Crippen molar-refractivity contribution in [2.45, 2.75) is 38.0 Å². The lowest BCUT2D eigenvalue weighted by molar-refractivity contribution is -0.124. The largest absolute Gasteiger partial charge is 0.376 e. The molecular weight excluding hydrogens is 180 g/mol. The minimum absolute atomic E-state index is 0.0256. The molecule has 14 heavy (non-hydrogen) atoms. The van der Waals surface area contributed by atoms with Gasteiger partial charge < -0.3 is 15.8 Å². The second-order valence-corrected chi connectivity index (χ2v) is 3.48. The highest BCUT2D eigenvalue weighted by molar-refractivity contribution is 5.78. The van der Waals surface area contributed by atoms with Crippen molar-refractivity contribution in [2.24, 2.45) is 5.73 Å². The van der Waals surface area contributed by atoms with E-state index in [1.165, 1.54) is 0 Å². The van der Waals surface area contributed by atoms with Crippen molar-refractivity contribution in [1.29, 1.82) is 0 Å². The highest BCUT2D eigenvalue weighted by Gasteiger charge is 2.39. The van der Waals surface area contributed by atoms with Gasteiger partial charge in [-0.15, -0.1) is 6.58 Å². The molecule has 1 saturated carbocycles. The fourth-order valence-electron chi connectivity index (χ4n) is 1.60. The van der Waals surface area contributed by atoms with E-state index in [9.17, 15) is 4.79 Å². The minimum Gasteiger partial charge on any atom is -0.376 e. The number of nitrogens with one attached hydrogen (secondary N) is 1. The summed E-state index contributed by atoms with van der Waals surface area (Å²) >= 11 is 0. The van der Waals surface area contributed by atoms with Gasteiger partial charge in [-0.25, -0.2) is 0 Å². The Kier molecular flexibility index (Phi) is 4.10. The molecule has 4 heteroatoms. The maximum Gasteiger partial charge on any atom is 0.224 e. The Labute approximate surface area is 84.5 Å². The molecule has 1 amide bonds. The summed E-state index contributed by atoms with van der Waals surface area (Å²) in [6, 6.07) is 0.00251. The van der Waals surface area contributed by atoms with Crippen LogP contribution in [-0.4, -0.2) is 30.7 Å². The molecule has 0 saturated heterocycles. The second kappa shape index (κ2) is 5.12. The average molecular weight is 198 g/mol. The van der Waals surface area contributed by atoms with E-state index >= 15 is 0 Å². The topological polar surface area (TPSA) is 64.4 Å². The quantitative estimate of drug-likeness (QED) is 0.619. The van der Waals surface area contributed by atoms with Gasteiger partial charge in [-0.1, -0.05) is 6.08 Å². The Hall–Kier alpha value is -0.870. The summed E-state index contributed by atoms with van der Waals surface area (Å²) in [5.74, 6) is -0.0372. The van der Waals surface area contributed by atoms with Crippen LogP contribution in [0.2, 0.25) is 0 Å². The van der Waals surface area contributed by atoms with E-state index in [0.29, 0.717) is 13.0 Å². The number of ether oxygens (including phenoxy) is 1. The van der Waals surface area contributed by atoms with Crippen LogP contribution in [0.3, 0.4) is 0 Å². The van der Waals surface area contributed by atoms with E-state index in [1.807, 2.05) is 6.92 Å². The van der Waals surface area contributed by atoms with Gasteiger partial charge in [-0.05, 0) is 13.3 Å². The zero-order chi connectivity index (χ0) is 10.6. The number of rotatable bonds is 5. The van der Waals surface area contributed by atoms with Crippen LogP contribution in [-0.2, 0) is 9.53 Å². The zero-order valence-corrected chi connectivity index (χ0v) is 8.53. The molecule has 3 unspecified atom stereocenters. The third kappa shape index (κ3) is 2.56. The Bertz CT molecular complexity index is 216. The van der Waals surface area contributed by atoms with Gasteiger partial charge in [0.05, 0.1) is 12.1 Å². The summed E-state index contributed by atoms with van der Waals surface area (Å²) in [5.41, 5.74) is 5.77.